The van der Waals surface area contributed by atoms with Gasteiger partial charge in [-0.05, 0) is 57.2 Å². The van der Waals surface area contributed by atoms with Crippen molar-refractivity contribution in [3.05, 3.63) is 37.2 Å². The first-order valence-electron chi connectivity index (χ1n) is 5.23. The molecule has 1 unspecified atom stereocenters. The third kappa shape index (κ3) is 2.50. The fourth-order valence-electron chi connectivity index (χ4n) is 1.70. The summed E-state index contributed by atoms with van der Waals surface area (Å²) < 4.78 is 3.97. The van der Waals surface area contributed by atoms with E-state index >= 15 is 0 Å². The van der Waals surface area contributed by atoms with Crippen LogP contribution in [0.4, 0.5) is 0 Å². The molecule has 0 spiro atoms. The van der Waals surface area contributed by atoms with Crippen LogP contribution in [0.1, 0.15) is 36.5 Å². The Bertz CT molecular complexity index is 519. The number of nitrogens with two attached hydrogens (primary N) is 1. The molecule has 0 bridgehead atoms. The van der Waals surface area contributed by atoms with Crippen LogP contribution in [0.25, 0.3) is 0 Å². The Kier molecular flexibility index (Phi) is 4.07. The van der Waals surface area contributed by atoms with Crippen molar-refractivity contribution in [3.8, 4) is 0 Å². The van der Waals surface area contributed by atoms with Crippen molar-refractivity contribution >= 4 is 43.2 Å². The Morgan fingerprint density at radius 2 is 2.06 bits per heavy atom. The Morgan fingerprint density at radius 3 is 2.59 bits per heavy atom. The van der Waals surface area contributed by atoms with Gasteiger partial charge in [-0.25, -0.2) is 0 Å². The van der Waals surface area contributed by atoms with Gasteiger partial charge in [0.15, 0.2) is 0 Å². The van der Waals surface area contributed by atoms with Crippen molar-refractivity contribution in [2.24, 2.45) is 5.73 Å². The van der Waals surface area contributed by atoms with Crippen molar-refractivity contribution in [1.29, 1.82) is 0 Å². The van der Waals surface area contributed by atoms with E-state index in [0.717, 1.165) is 19.5 Å². The average Bonchev–Trinajstić information content (AvgIpc) is 2.83. The number of rotatable bonds is 3. The maximum atomic E-state index is 6.34. The number of nitrogens with zero attached hydrogens (tertiary/aromatic N) is 2. The monoisotopic (exact) mass is 377 g/mol. The molecule has 0 radical (unpaired) electrons. The van der Waals surface area contributed by atoms with E-state index in [1.54, 1.807) is 17.5 Å². The Morgan fingerprint density at radius 1 is 1.35 bits per heavy atom. The van der Waals surface area contributed by atoms with Gasteiger partial charge in [-0.15, -0.1) is 11.3 Å². The zero-order valence-electron chi connectivity index (χ0n) is 9.52. The minimum atomic E-state index is -0.163. The van der Waals surface area contributed by atoms with Crippen LogP contribution in [0.5, 0.6) is 0 Å². The maximum absolute atomic E-state index is 6.34. The van der Waals surface area contributed by atoms with Gasteiger partial charge in [0.05, 0.1) is 22.4 Å². The molecule has 0 amide bonds. The second-order valence-electron chi connectivity index (χ2n) is 4.03. The molecule has 0 aliphatic rings. The largest absolute Gasteiger partial charge is 0.318 e. The van der Waals surface area contributed by atoms with Crippen molar-refractivity contribution in [2.75, 3.05) is 0 Å². The molecule has 0 fully saturated rings. The third-order valence-electron chi connectivity index (χ3n) is 2.50. The standard InChI is InChI=1S/C11H13Br2N3S/c1-6(2)16-10(8(13)5-15-16)9(14)11-7(12)3-4-17-11/h3-6,9H,14H2,1-2H3. The molecule has 2 heterocycles. The second kappa shape index (κ2) is 5.22. The minimum Gasteiger partial charge on any atom is -0.318 e. The fraction of sp³-hybridized carbons (Fsp3) is 0.364. The summed E-state index contributed by atoms with van der Waals surface area (Å²) in [6, 6.07) is 2.15. The van der Waals surface area contributed by atoms with Crippen molar-refractivity contribution in [3.63, 3.8) is 0 Å². The van der Waals surface area contributed by atoms with Crippen LogP contribution < -0.4 is 5.73 Å². The average molecular weight is 379 g/mol. The Labute approximate surface area is 121 Å². The molecule has 17 heavy (non-hydrogen) atoms. The smallest absolute Gasteiger partial charge is 0.0840 e. The van der Waals surface area contributed by atoms with E-state index in [-0.39, 0.29) is 6.04 Å². The summed E-state index contributed by atoms with van der Waals surface area (Å²) in [5.41, 5.74) is 7.35. The first kappa shape index (κ1) is 13.3. The molecular weight excluding hydrogens is 366 g/mol. The highest BCUT2D eigenvalue weighted by atomic mass is 79.9. The zero-order valence-corrected chi connectivity index (χ0v) is 13.5. The summed E-state index contributed by atoms with van der Waals surface area (Å²) in [7, 11) is 0. The van der Waals surface area contributed by atoms with E-state index < -0.39 is 0 Å². The molecule has 2 aromatic rings. The summed E-state index contributed by atoms with van der Waals surface area (Å²) in [5.74, 6) is 0. The van der Waals surface area contributed by atoms with E-state index in [1.807, 2.05) is 16.1 Å². The van der Waals surface area contributed by atoms with E-state index in [4.69, 9.17) is 5.73 Å². The van der Waals surface area contributed by atoms with Gasteiger partial charge in [0.25, 0.3) is 0 Å². The fourth-order valence-corrected chi connectivity index (χ4v) is 3.85. The molecule has 6 heteroatoms. The van der Waals surface area contributed by atoms with Gasteiger partial charge in [-0.2, -0.15) is 5.10 Å². The highest BCUT2D eigenvalue weighted by Crippen LogP contribution is 2.35. The molecular formula is C11H13Br2N3S. The maximum Gasteiger partial charge on any atom is 0.0840 e. The molecule has 0 aliphatic heterocycles. The van der Waals surface area contributed by atoms with Crippen LogP contribution in [0.15, 0.2) is 26.6 Å². The van der Waals surface area contributed by atoms with Gasteiger partial charge in [0, 0.05) is 15.4 Å². The molecule has 0 aliphatic carbocycles. The Hall–Kier alpha value is -0.170. The number of aromatic nitrogens is 2. The van der Waals surface area contributed by atoms with Crippen LogP contribution in [-0.2, 0) is 0 Å². The number of hydrogen-bond acceptors (Lipinski definition) is 3. The third-order valence-corrected chi connectivity index (χ3v) is 5.06. The van der Waals surface area contributed by atoms with Crippen LogP contribution >= 0.6 is 43.2 Å². The molecule has 0 saturated heterocycles. The second-order valence-corrected chi connectivity index (χ2v) is 6.68. The SMILES string of the molecule is CC(C)n1ncc(Br)c1C(N)c1sccc1Br. The lowest BCUT2D eigenvalue weighted by Crippen LogP contribution is -2.18. The van der Waals surface area contributed by atoms with Gasteiger partial charge in [0.1, 0.15) is 0 Å². The topological polar surface area (TPSA) is 43.8 Å². The lowest BCUT2D eigenvalue weighted by atomic mass is 10.2. The van der Waals surface area contributed by atoms with Gasteiger partial charge >= 0.3 is 0 Å². The van der Waals surface area contributed by atoms with Gasteiger partial charge in [-0.1, -0.05) is 0 Å². The Balaban J connectivity index is 2.47. The first-order valence-corrected chi connectivity index (χ1v) is 7.70. The van der Waals surface area contributed by atoms with Gasteiger partial charge in [-0.3, -0.25) is 4.68 Å². The molecule has 2 aromatic heterocycles. The predicted octanol–water partition coefficient (Wildman–Crippen LogP) is 4.10. The molecule has 1 atom stereocenters. The van der Waals surface area contributed by atoms with Crippen molar-refractivity contribution in [2.45, 2.75) is 25.9 Å². The zero-order chi connectivity index (χ0) is 12.6. The summed E-state index contributed by atoms with van der Waals surface area (Å²) in [6.07, 6.45) is 1.80. The van der Waals surface area contributed by atoms with E-state index in [9.17, 15) is 0 Å². The summed E-state index contributed by atoms with van der Waals surface area (Å²) in [6.45, 7) is 4.19. The van der Waals surface area contributed by atoms with Crippen molar-refractivity contribution < 1.29 is 0 Å². The van der Waals surface area contributed by atoms with Crippen molar-refractivity contribution in [1.82, 2.24) is 9.78 Å². The predicted molar refractivity (Wildman–Crippen MR) is 78.4 cm³/mol. The van der Waals surface area contributed by atoms with E-state index in [0.29, 0.717) is 6.04 Å². The van der Waals surface area contributed by atoms with Crippen LogP contribution in [0.3, 0.4) is 0 Å². The van der Waals surface area contributed by atoms with Gasteiger partial charge in [0.2, 0.25) is 0 Å². The molecule has 0 aromatic carbocycles. The summed E-state index contributed by atoms with van der Waals surface area (Å²) in [4.78, 5) is 1.12. The normalized spacial score (nSPS) is 13.3. The number of halogens is 2. The number of thiophene rings is 1. The van der Waals surface area contributed by atoms with Crippen LogP contribution in [-0.4, -0.2) is 9.78 Å². The summed E-state index contributed by atoms with van der Waals surface area (Å²) >= 11 is 8.70. The first-order chi connectivity index (χ1) is 8.02. The molecule has 0 saturated carbocycles. The van der Waals surface area contributed by atoms with E-state index in [1.165, 1.54) is 0 Å². The lowest BCUT2D eigenvalue weighted by Gasteiger charge is -2.17. The van der Waals surface area contributed by atoms with Gasteiger partial charge < -0.3 is 5.73 Å². The molecule has 3 nitrogen and oxygen atoms in total. The quantitative estimate of drug-likeness (QED) is 0.873. The van der Waals surface area contributed by atoms with E-state index in [2.05, 4.69) is 50.8 Å². The highest BCUT2D eigenvalue weighted by Gasteiger charge is 2.22. The molecule has 2 rings (SSSR count). The minimum absolute atomic E-state index is 0.163. The number of hydrogen-bond donors (Lipinski definition) is 1. The molecule has 92 valence electrons. The highest BCUT2D eigenvalue weighted by molar-refractivity contribution is 9.10. The summed E-state index contributed by atoms with van der Waals surface area (Å²) in [5, 5.41) is 6.39. The van der Waals surface area contributed by atoms with Crippen LogP contribution in [0, 0.1) is 0 Å². The van der Waals surface area contributed by atoms with Crippen LogP contribution in [0.2, 0.25) is 0 Å². The molecule has 2 N–H and O–H groups in total. The lowest BCUT2D eigenvalue weighted by molar-refractivity contribution is 0.499.